The molecule has 0 N–H and O–H groups in total. The van der Waals surface area contributed by atoms with Gasteiger partial charge in [0.15, 0.2) is 0 Å². The summed E-state index contributed by atoms with van der Waals surface area (Å²) in [6.07, 6.45) is 9.37. The second-order valence-corrected chi connectivity index (χ2v) is 13.6. The Morgan fingerprint density at radius 2 is 0.980 bits per heavy atom. The Balaban J connectivity index is 1.26. The third kappa shape index (κ3) is 4.13. The van der Waals surface area contributed by atoms with Gasteiger partial charge >= 0.3 is 0 Å². The molecule has 50 heavy (non-hydrogen) atoms. The predicted octanol–water partition coefficient (Wildman–Crippen LogP) is 12.6. The number of allylic oxidation sites excluding steroid dienone is 4. The molecule has 3 unspecified atom stereocenters. The van der Waals surface area contributed by atoms with Gasteiger partial charge in [0.05, 0.1) is 16.8 Å². The van der Waals surface area contributed by atoms with Crippen molar-refractivity contribution in [1.82, 2.24) is 0 Å². The molecular weight excluding hydrogens is 603 g/mol. The smallest absolute Gasteiger partial charge is 0.0543 e. The van der Waals surface area contributed by atoms with Crippen LogP contribution in [0, 0.1) is 5.92 Å². The van der Waals surface area contributed by atoms with Gasteiger partial charge in [-0.3, -0.25) is 0 Å². The third-order valence-electron chi connectivity index (χ3n) is 11.2. The number of hydrogen-bond acceptors (Lipinski definition) is 1. The van der Waals surface area contributed by atoms with E-state index >= 15 is 0 Å². The first kappa shape index (κ1) is 28.8. The van der Waals surface area contributed by atoms with Crippen molar-refractivity contribution in [1.29, 1.82) is 0 Å². The van der Waals surface area contributed by atoms with Gasteiger partial charge in [0.25, 0.3) is 0 Å². The van der Waals surface area contributed by atoms with Crippen LogP contribution in [0.5, 0.6) is 0 Å². The zero-order valence-corrected chi connectivity index (χ0v) is 27.7. The summed E-state index contributed by atoms with van der Waals surface area (Å²) in [6, 6.07) is 64.8. The van der Waals surface area contributed by atoms with Crippen molar-refractivity contribution in [2.45, 2.75) is 11.3 Å². The summed E-state index contributed by atoms with van der Waals surface area (Å²) in [5.41, 5.74) is 16.3. The predicted molar refractivity (Wildman–Crippen MR) is 208 cm³/mol. The van der Waals surface area contributed by atoms with Crippen molar-refractivity contribution < 1.29 is 0 Å². The molecule has 0 radical (unpaired) electrons. The highest BCUT2D eigenvalue weighted by molar-refractivity contribution is 5.99. The zero-order valence-electron chi connectivity index (χ0n) is 27.7. The van der Waals surface area contributed by atoms with Crippen molar-refractivity contribution in [3.63, 3.8) is 0 Å². The zero-order chi connectivity index (χ0) is 33.1. The Bertz CT molecular complexity index is 2440. The molecule has 0 aliphatic heterocycles. The molecule has 7 aromatic carbocycles. The molecule has 236 valence electrons. The molecule has 0 saturated carbocycles. The molecule has 1 nitrogen and oxygen atoms in total. The van der Waals surface area contributed by atoms with Crippen LogP contribution in [-0.4, -0.2) is 0 Å². The number of anilines is 3. The summed E-state index contributed by atoms with van der Waals surface area (Å²) >= 11 is 0. The third-order valence-corrected chi connectivity index (χ3v) is 11.2. The van der Waals surface area contributed by atoms with E-state index in [4.69, 9.17) is 0 Å². The Morgan fingerprint density at radius 1 is 0.400 bits per heavy atom. The minimum Gasteiger partial charge on any atom is -0.309 e. The van der Waals surface area contributed by atoms with Gasteiger partial charge in [-0.2, -0.15) is 0 Å². The minimum atomic E-state index is -0.285. The van der Waals surface area contributed by atoms with Gasteiger partial charge in [0.2, 0.25) is 0 Å². The average Bonchev–Trinajstić information content (AvgIpc) is 3.67. The Hall–Kier alpha value is -6.18. The molecule has 7 aromatic rings. The van der Waals surface area contributed by atoms with E-state index in [1.807, 2.05) is 0 Å². The Kier molecular flexibility index (Phi) is 6.60. The maximum absolute atomic E-state index is 2.50. The molecule has 1 spiro atoms. The number of benzene rings is 7. The van der Waals surface area contributed by atoms with E-state index in [2.05, 4.69) is 205 Å². The van der Waals surface area contributed by atoms with Crippen LogP contribution < -0.4 is 4.90 Å². The van der Waals surface area contributed by atoms with Crippen LogP contribution in [0.15, 0.2) is 200 Å². The van der Waals surface area contributed by atoms with E-state index < -0.39 is 0 Å². The fourth-order valence-electron chi connectivity index (χ4n) is 9.19. The summed E-state index contributed by atoms with van der Waals surface area (Å²) in [7, 11) is 0. The van der Waals surface area contributed by atoms with Crippen LogP contribution in [0.3, 0.4) is 0 Å². The van der Waals surface area contributed by atoms with Crippen LogP contribution in [0.4, 0.5) is 17.1 Å². The van der Waals surface area contributed by atoms with Crippen LogP contribution >= 0.6 is 0 Å². The molecule has 3 atom stereocenters. The SMILES string of the molecule is C1=CC2c3ccccc3C3(c4ccccc4-c4c(N(c5ccc(-c6ccccc6)cc5)c5ccccc5-c5ccccc5)cccc43)C2C=C1. The van der Waals surface area contributed by atoms with Crippen molar-refractivity contribution >= 4 is 17.1 Å². The summed E-state index contributed by atoms with van der Waals surface area (Å²) in [6.45, 7) is 0. The van der Waals surface area contributed by atoms with E-state index in [0.29, 0.717) is 5.92 Å². The fourth-order valence-corrected chi connectivity index (χ4v) is 9.19. The topological polar surface area (TPSA) is 3.24 Å². The Morgan fingerprint density at radius 3 is 1.78 bits per heavy atom. The lowest BCUT2D eigenvalue weighted by Gasteiger charge is -2.36. The van der Waals surface area contributed by atoms with E-state index in [9.17, 15) is 0 Å². The first-order chi connectivity index (χ1) is 24.8. The highest BCUT2D eigenvalue weighted by Crippen LogP contribution is 2.66. The van der Waals surface area contributed by atoms with Crippen molar-refractivity contribution in [3.8, 4) is 33.4 Å². The lowest BCUT2D eigenvalue weighted by molar-refractivity contribution is 0.465. The lowest BCUT2D eigenvalue weighted by atomic mass is 9.65. The Labute approximate surface area is 294 Å². The monoisotopic (exact) mass is 637 g/mol. The van der Waals surface area contributed by atoms with Crippen molar-refractivity contribution in [2.75, 3.05) is 4.90 Å². The van der Waals surface area contributed by atoms with Gasteiger partial charge < -0.3 is 4.90 Å². The van der Waals surface area contributed by atoms with E-state index in [1.165, 1.54) is 61.3 Å². The summed E-state index contributed by atoms with van der Waals surface area (Å²) in [5.74, 6) is 0.622. The molecule has 3 aliphatic rings. The number of rotatable bonds is 5. The molecule has 0 fully saturated rings. The first-order valence-electron chi connectivity index (χ1n) is 17.6. The van der Waals surface area contributed by atoms with Crippen LogP contribution in [-0.2, 0) is 5.41 Å². The molecule has 0 amide bonds. The fraction of sp³-hybridized carbons (Fsp3) is 0.0612. The maximum Gasteiger partial charge on any atom is 0.0543 e. The minimum absolute atomic E-state index is 0.285. The summed E-state index contributed by atoms with van der Waals surface area (Å²) in [5, 5.41) is 0. The molecule has 0 aromatic heterocycles. The van der Waals surface area contributed by atoms with Crippen LogP contribution in [0.2, 0.25) is 0 Å². The summed E-state index contributed by atoms with van der Waals surface area (Å²) in [4.78, 5) is 2.50. The van der Waals surface area contributed by atoms with Gasteiger partial charge in [-0.05, 0) is 68.8 Å². The first-order valence-corrected chi connectivity index (χ1v) is 17.6. The van der Waals surface area contributed by atoms with Gasteiger partial charge in [0.1, 0.15) is 0 Å². The van der Waals surface area contributed by atoms with E-state index in [0.717, 1.165) is 11.4 Å². The molecule has 0 bridgehead atoms. The molecule has 3 aliphatic carbocycles. The summed E-state index contributed by atoms with van der Waals surface area (Å²) < 4.78 is 0. The van der Waals surface area contributed by atoms with Gasteiger partial charge in [-0.15, -0.1) is 0 Å². The number of hydrogen-bond donors (Lipinski definition) is 0. The average molecular weight is 638 g/mol. The van der Waals surface area contributed by atoms with Gasteiger partial charge in [0, 0.05) is 28.7 Å². The number of fused-ring (bicyclic) bond motifs is 10. The quantitative estimate of drug-likeness (QED) is 0.182. The van der Waals surface area contributed by atoms with Crippen molar-refractivity contribution in [3.05, 3.63) is 222 Å². The second kappa shape index (κ2) is 11.5. The molecule has 1 heteroatoms. The van der Waals surface area contributed by atoms with Crippen LogP contribution in [0.25, 0.3) is 33.4 Å². The highest BCUT2D eigenvalue weighted by Gasteiger charge is 2.57. The van der Waals surface area contributed by atoms with Gasteiger partial charge in [-0.25, -0.2) is 0 Å². The molecule has 10 rings (SSSR count). The number of nitrogens with zero attached hydrogens (tertiary/aromatic N) is 1. The standard InChI is InChI=1S/C49H35N/c1-3-16-34(17-4-1)35-30-32-37(33-31-35)50(46-28-14-10-20-38(46)36-18-5-2-6-19-36)47-29-15-27-45-48(47)41-23-9-13-26-44(41)49(45)42-24-11-7-21-39(42)40-22-8-12-25-43(40)49/h1-33,39,42H. The van der Waals surface area contributed by atoms with Crippen LogP contribution in [0.1, 0.15) is 28.2 Å². The molecule has 0 saturated heterocycles. The van der Waals surface area contributed by atoms with E-state index in [1.54, 1.807) is 0 Å². The largest absolute Gasteiger partial charge is 0.309 e. The second-order valence-electron chi connectivity index (χ2n) is 13.6. The number of para-hydroxylation sites is 1. The molecule has 0 heterocycles. The van der Waals surface area contributed by atoms with Crippen molar-refractivity contribution in [2.24, 2.45) is 5.92 Å². The maximum atomic E-state index is 2.50. The van der Waals surface area contributed by atoms with Gasteiger partial charge in [-0.1, -0.05) is 176 Å². The van der Waals surface area contributed by atoms with E-state index in [-0.39, 0.29) is 11.3 Å². The highest BCUT2D eigenvalue weighted by atomic mass is 15.1. The normalized spacial score (nSPS) is 19.1. The molecular formula is C49H35N. The lowest BCUT2D eigenvalue weighted by Crippen LogP contribution is -2.33.